The molecule has 0 saturated heterocycles. The maximum Gasteiger partial charge on any atom is 0.0428 e. The maximum atomic E-state index is 7.88. The SMILES string of the molecule is CCCO.CNC1CCCCC1(C)C. The van der Waals surface area contributed by atoms with Gasteiger partial charge in [-0.05, 0) is 31.7 Å². The van der Waals surface area contributed by atoms with Gasteiger partial charge in [0.05, 0.1) is 0 Å². The monoisotopic (exact) mass is 201 g/mol. The van der Waals surface area contributed by atoms with E-state index in [1.54, 1.807) is 0 Å². The third kappa shape index (κ3) is 4.97. The number of aliphatic hydroxyl groups is 1. The van der Waals surface area contributed by atoms with Crippen LogP contribution < -0.4 is 5.32 Å². The molecule has 0 amide bonds. The van der Waals surface area contributed by atoms with Crippen LogP contribution in [0.15, 0.2) is 0 Å². The molecule has 1 unspecified atom stereocenters. The summed E-state index contributed by atoms with van der Waals surface area (Å²) in [6, 6.07) is 0.751. The van der Waals surface area contributed by atoms with Crippen LogP contribution in [0.25, 0.3) is 0 Å². The largest absolute Gasteiger partial charge is 0.396 e. The first-order valence-electron chi connectivity index (χ1n) is 5.86. The molecule has 0 aromatic carbocycles. The smallest absolute Gasteiger partial charge is 0.0428 e. The summed E-state index contributed by atoms with van der Waals surface area (Å²) < 4.78 is 0. The third-order valence-corrected chi connectivity index (χ3v) is 3.08. The van der Waals surface area contributed by atoms with Crippen molar-refractivity contribution in [2.75, 3.05) is 13.7 Å². The van der Waals surface area contributed by atoms with E-state index in [-0.39, 0.29) is 0 Å². The molecular weight excluding hydrogens is 174 g/mol. The van der Waals surface area contributed by atoms with Gasteiger partial charge in [-0.2, -0.15) is 0 Å². The van der Waals surface area contributed by atoms with Gasteiger partial charge in [0.25, 0.3) is 0 Å². The van der Waals surface area contributed by atoms with E-state index in [0.717, 1.165) is 12.5 Å². The predicted octanol–water partition coefficient (Wildman–Crippen LogP) is 2.56. The minimum Gasteiger partial charge on any atom is -0.396 e. The van der Waals surface area contributed by atoms with Gasteiger partial charge in [0.15, 0.2) is 0 Å². The molecule has 14 heavy (non-hydrogen) atoms. The summed E-state index contributed by atoms with van der Waals surface area (Å²) >= 11 is 0. The van der Waals surface area contributed by atoms with Crippen LogP contribution in [0.3, 0.4) is 0 Å². The van der Waals surface area contributed by atoms with E-state index in [4.69, 9.17) is 5.11 Å². The fourth-order valence-corrected chi connectivity index (χ4v) is 2.03. The zero-order chi connectivity index (χ0) is 11.0. The molecule has 0 aromatic rings. The Labute approximate surface area is 89.1 Å². The van der Waals surface area contributed by atoms with Gasteiger partial charge in [-0.15, -0.1) is 0 Å². The summed E-state index contributed by atoms with van der Waals surface area (Å²) in [7, 11) is 2.08. The Morgan fingerprint density at radius 3 is 2.21 bits per heavy atom. The van der Waals surface area contributed by atoms with E-state index in [0.29, 0.717) is 12.0 Å². The third-order valence-electron chi connectivity index (χ3n) is 3.08. The summed E-state index contributed by atoms with van der Waals surface area (Å²) in [6.45, 7) is 6.99. The normalized spacial score (nSPS) is 25.1. The molecule has 1 fully saturated rings. The Bertz CT molecular complexity index is 132. The predicted molar refractivity (Wildman–Crippen MR) is 62.5 cm³/mol. The van der Waals surface area contributed by atoms with Crippen LogP contribution in [-0.2, 0) is 0 Å². The molecule has 2 nitrogen and oxygen atoms in total. The highest BCUT2D eigenvalue weighted by atomic mass is 16.2. The lowest BCUT2D eigenvalue weighted by molar-refractivity contribution is 0.176. The molecule has 2 heteroatoms. The Morgan fingerprint density at radius 1 is 1.36 bits per heavy atom. The van der Waals surface area contributed by atoms with Crippen LogP contribution in [0.2, 0.25) is 0 Å². The Hall–Kier alpha value is -0.0800. The van der Waals surface area contributed by atoms with Gasteiger partial charge >= 0.3 is 0 Å². The van der Waals surface area contributed by atoms with Gasteiger partial charge in [-0.3, -0.25) is 0 Å². The zero-order valence-electron chi connectivity index (χ0n) is 10.3. The van der Waals surface area contributed by atoms with Crippen molar-refractivity contribution in [1.29, 1.82) is 0 Å². The lowest BCUT2D eigenvalue weighted by Crippen LogP contribution is -2.42. The maximum absolute atomic E-state index is 7.88. The Morgan fingerprint density at radius 2 is 1.93 bits per heavy atom. The van der Waals surface area contributed by atoms with Gasteiger partial charge in [-0.1, -0.05) is 33.6 Å². The molecule has 2 N–H and O–H groups in total. The van der Waals surface area contributed by atoms with Crippen LogP contribution in [0, 0.1) is 5.41 Å². The van der Waals surface area contributed by atoms with Crippen molar-refractivity contribution in [3.63, 3.8) is 0 Å². The highest BCUT2D eigenvalue weighted by Gasteiger charge is 2.30. The van der Waals surface area contributed by atoms with E-state index >= 15 is 0 Å². The summed E-state index contributed by atoms with van der Waals surface area (Å²) in [5.74, 6) is 0. The highest BCUT2D eigenvalue weighted by Crippen LogP contribution is 2.34. The Balaban J connectivity index is 0.000000364. The quantitative estimate of drug-likeness (QED) is 0.719. The zero-order valence-corrected chi connectivity index (χ0v) is 10.3. The standard InChI is InChI=1S/C9H19N.C3H8O/c1-9(2)7-5-4-6-8(9)10-3;1-2-3-4/h8,10H,4-7H2,1-3H3;4H,2-3H2,1H3. The molecule has 1 aliphatic rings. The van der Waals surface area contributed by atoms with Gasteiger partial charge < -0.3 is 10.4 Å². The van der Waals surface area contributed by atoms with Gasteiger partial charge in [0, 0.05) is 12.6 Å². The summed E-state index contributed by atoms with van der Waals surface area (Å²) in [5.41, 5.74) is 0.535. The lowest BCUT2D eigenvalue weighted by atomic mass is 9.73. The fourth-order valence-electron chi connectivity index (χ4n) is 2.03. The van der Waals surface area contributed by atoms with Crippen molar-refractivity contribution in [1.82, 2.24) is 5.32 Å². The van der Waals surface area contributed by atoms with E-state index < -0.39 is 0 Å². The molecule has 0 aliphatic heterocycles. The van der Waals surface area contributed by atoms with Crippen LogP contribution in [0.5, 0.6) is 0 Å². The first-order valence-corrected chi connectivity index (χ1v) is 5.86. The van der Waals surface area contributed by atoms with Crippen LogP contribution in [-0.4, -0.2) is 24.8 Å². The van der Waals surface area contributed by atoms with Crippen molar-refractivity contribution < 1.29 is 5.11 Å². The Kier molecular flexibility index (Phi) is 7.20. The average Bonchev–Trinajstić information content (AvgIpc) is 2.18. The molecule has 0 bridgehead atoms. The van der Waals surface area contributed by atoms with Gasteiger partial charge in [-0.25, -0.2) is 0 Å². The molecule has 1 atom stereocenters. The highest BCUT2D eigenvalue weighted by molar-refractivity contribution is 4.86. The molecular formula is C12H27NO. The molecule has 0 aromatic heterocycles. The van der Waals surface area contributed by atoms with E-state index in [1.807, 2.05) is 6.92 Å². The summed E-state index contributed by atoms with van der Waals surface area (Å²) in [5, 5.41) is 11.3. The minimum atomic E-state index is 0.319. The topological polar surface area (TPSA) is 32.3 Å². The van der Waals surface area contributed by atoms with Crippen LogP contribution in [0.1, 0.15) is 52.9 Å². The lowest BCUT2D eigenvalue weighted by Gasteiger charge is -2.38. The number of rotatable bonds is 2. The van der Waals surface area contributed by atoms with Crippen molar-refractivity contribution in [2.24, 2.45) is 5.41 Å². The molecule has 1 saturated carbocycles. The van der Waals surface area contributed by atoms with Crippen molar-refractivity contribution >= 4 is 0 Å². The fraction of sp³-hybridized carbons (Fsp3) is 1.00. The number of nitrogens with one attached hydrogen (secondary N) is 1. The first kappa shape index (κ1) is 13.9. The molecule has 1 rings (SSSR count). The molecule has 1 aliphatic carbocycles. The molecule has 0 radical (unpaired) electrons. The van der Waals surface area contributed by atoms with Gasteiger partial charge in [0.1, 0.15) is 0 Å². The van der Waals surface area contributed by atoms with Gasteiger partial charge in [0.2, 0.25) is 0 Å². The first-order chi connectivity index (χ1) is 6.58. The summed E-state index contributed by atoms with van der Waals surface area (Å²) in [6.07, 6.45) is 6.46. The second kappa shape index (κ2) is 7.24. The second-order valence-corrected chi connectivity index (χ2v) is 4.80. The number of hydrogen-bond acceptors (Lipinski definition) is 2. The second-order valence-electron chi connectivity index (χ2n) is 4.80. The minimum absolute atomic E-state index is 0.319. The number of hydrogen-bond donors (Lipinski definition) is 2. The van der Waals surface area contributed by atoms with Crippen molar-refractivity contribution in [3.8, 4) is 0 Å². The number of aliphatic hydroxyl groups excluding tert-OH is 1. The average molecular weight is 201 g/mol. The van der Waals surface area contributed by atoms with Crippen molar-refractivity contribution in [2.45, 2.75) is 58.9 Å². The molecule has 0 heterocycles. The van der Waals surface area contributed by atoms with Crippen LogP contribution >= 0.6 is 0 Å². The molecule has 86 valence electrons. The summed E-state index contributed by atoms with van der Waals surface area (Å²) in [4.78, 5) is 0. The van der Waals surface area contributed by atoms with E-state index in [9.17, 15) is 0 Å². The molecule has 0 spiro atoms. The van der Waals surface area contributed by atoms with E-state index in [1.165, 1.54) is 25.7 Å². The van der Waals surface area contributed by atoms with Crippen LogP contribution in [0.4, 0.5) is 0 Å². The van der Waals surface area contributed by atoms with Crippen molar-refractivity contribution in [3.05, 3.63) is 0 Å². The van der Waals surface area contributed by atoms with E-state index in [2.05, 4.69) is 26.2 Å².